The lowest BCUT2D eigenvalue weighted by Crippen LogP contribution is -2.59. The number of ether oxygens (including phenoxy) is 4. The molecule has 6 N–H and O–H groups in total. The largest absolute Gasteiger partial charge is 0.504 e. The van der Waals surface area contributed by atoms with Crippen LogP contribution in [-0.2, 0) is 22.3 Å². The predicted molar refractivity (Wildman–Crippen MR) is 134 cm³/mol. The molecular weight excluding hydrogens is 484 g/mol. The second kappa shape index (κ2) is 13.9. The summed E-state index contributed by atoms with van der Waals surface area (Å²) in [6, 6.07) is 12.6. The Morgan fingerprint density at radius 3 is 2.30 bits per heavy atom. The molecule has 10 nitrogen and oxygen atoms in total. The maximum atomic E-state index is 10.8. The highest BCUT2D eigenvalue weighted by Gasteiger charge is 2.44. The second-order valence-electron chi connectivity index (χ2n) is 9.28. The summed E-state index contributed by atoms with van der Waals surface area (Å²) >= 11 is 0. The van der Waals surface area contributed by atoms with Gasteiger partial charge in [-0.15, -0.1) is 0 Å². The number of aryl methyl sites for hydroxylation is 2. The summed E-state index contributed by atoms with van der Waals surface area (Å²) in [6.07, 6.45) is -6.16. The fraction of sp³-hybridized carbons (Fsp3) is 0.556. The Hall–Kier alpha value is -2.44. The first kappa shape index (κ1) is 29.1. The summed E-state index contributed by atoms with van der Waals surface area (Å²) in [5.41, 5.74) is 1.82. The molecular formula is C27H38O10. The summed E-state index contributed by atoms with van der Waals surface area (Å²) in [5, 5.41) is 60.9. The molecule has 1 fully saturated rings. The molecule has 206 valence electrons. The molecule has 2 unspecified atom stereocenters. The molecule has 1 aliphatic rings. The van der Waals surface area contributed by atoms with Crippen LogP contribution in [0.1, 0.15) is 30.4 Å². The molecule has 2 aromatic carbocycles. The van der Waals surface area contributed by atoms with Gasteiger partial charge in [-0.3, -0.25) is 0 Å². The summed E-state index contributed by atoms with van der Waals surface area (Å²) in [5.74, 6) is 1.11. The van der Waals surface area contributed by atoms with Gasteiger partial charge >= 0.3 is 0 Å². The van der Waals surface area contributed by atoms with E-state index in [0.717, 1.165) is 11.1 Å². The van der Waals surface area contributed by atoms with Crippen molar-refractivity contribution in [2.45, 2.75) is 75.0 Å². The minimum atomic E-state index is -1.55. The SMILES string of the molecule is COc1cccc(CCC(CC(O)CCc2ccc(OC)c(O)c2)O[C@@H]2O[C@H](CO)[C@@H](O)[C@H](O)[C@H]2O)c1. The zero-order valence-electron chi connectivity index (χ0n) is 21.1. The number of aromatic hydroxyl groups is 1. The summed E-state index contributed by atoms with van der Waals surface area (Å²) in [4.78, 5) is 0. The Labute approximate surface area is 216 Å². The van der Waals surface area contributed by atoms with Crippen LogP contribution in [-0.4, -0.2) is 94.4 Å². The number of aliphatic hydroxyl groups excluding tert-OH is 5. The van der Waals surface area contributed by atoms with Crippen molar-refractivity contribution in [1.82, 2.24) is 0 Å². The number of hydrogen-bond donors (Lipinski definition) is 6. The van der Waals surface area contributed by atoms with Gasteiger partial charge in [0.2, 0.25) is 0 Å². The zero-order chi connectivity index (χ0) is 26.9. The van der Waals surface area contributed by atoms with Crippen LogP contribution >= 0.6 is 0 Å². The van der Waals surface area contributed by atoms with E-state index in [1.54, 1.807) is 19.2 Å². The van der Waals surface area contributed by atoms with Crippen molar-refractivity contribution in [2.24, 2.45) is 0 Å². The van der Waals surface area contributed by atoms with Crippen LogP contribution in [0.25, 0.3) is 0 Å². The first-order valence-corrected chi connectivity index (χ1v) is 12.4. The van der Waals surface area contributed by atoms with E-state index in [1.807, 2.05) is 30.3 Å². The van der Waals surface area contributed by atoms with E-state index < -0.39 is 49.5 Å². The van der Waals surface area contributed by atoms with Crippen LogP contribution in [0.2, 0.25) is 0 Å². The van der Waals surface area contributed by atoms with Crippen molar-refractivity contribution in [1.29, 1.82) is 0 Å². The van der Waals surface area contributed by atoms with Gasteiger partial charge in [-0.25, -0.2) is 0 Å². The second-order valence-corrected chi connectivity index (χ2v) is 9.28. The maximum Gasteiger partial charge on any atom is 0.186 e. The van der Waals surface area contributed by atoms with Crippen molar-refractivity contribution < 1.29 is 49.6 Å². The van der Waals surface area contributed by atoms with Gasteiger partial charge in [0.1, 0.15) is 30.2 Å². The van der Waals surface area contributed by atoms with E-state index in [2.05, 4.69) is 0 Å². The Balaban J connectivity index is 1.66. The van der Waals surface area contributed by atoms with E-state index >= 15 is 0 Å². The molecule has 0 saturated carbocycles. The highest BCUT2D eigenvalue weighted by Crippen LogP contribution is 2.28. The zero-order valence-corrected chi connectivity index (χ0v) is 21.1. The molecule has 0 radical (unpaired) electrons. The quantitative estimate of drug-likeness (QED) is 0.223. The monoisotopic (exact) mass is 522 g/mol. The number of phenols is 1. The van der Waals surface area contributed by atoms with E-state index in [9.17, 15) is 30.6 Å². The van der Waals surface area contributed by atoms with E-state index in [4.69, 9.17) is 18.9 Å². The average Bonchev–Trinajstić information content (AvgIpc) is 2.91. The molecule has 1 saturated heterocycles. The Kier molecular flexibility index (Phi) is 11.0. The van der Waals surface area contributed by atoms with Crippen LogP contribution in [0, 0.1) is 0 Å². The third kappa shape index (κ3) is 8.02. The minimum absolute atomic E-state index is 0.0246. The van der Waals surface area contributed by atoms with Gasteiger partial charge in [0.15, 0.2) is 17.8 Å². The normalized spacial score (nSPS) is 25.4. The third-order valence-electron chi connectivity index (χ3n) is 6.61. The molecule has 0 amide bonds. The molecule has 7 atom stereocenters. The average molecular weight is 523 g/mol. The lowest BCUT2D eigenvalue weighted by Gasteiger charge is -2.41. The van der Waals surface area contributed by atoms with E-state index in [-0.39, 0.29) is 12.2 Å². The molecule has 10 heteroatoms. The van der Waals surface area contributed by atoms with Crippen LogP contribution < -0.4 is 9.47 Å². The molecule has 2 aromatic rings. The Bertz CT molecular complexity index is 968. The number of rotatable bonds is 13. The lowest BCUT2D eigenvalue weighted by atomic mass is 9.97. The van der Waals surface area contributed by atoms with Crippen molar-refractivity contribution in [3.8, 4) is 17.2 Å². The maximum absolute atomic E-state index is 10.8. The highest BCUT2D eigenvalue weighted by molar-refractivity contribution is 5.41. The molecule has 0 aliphatic carbocycles. The van der Waals surface area contributed by atoms with Gasteiger partial charge in [0.25, 0.3) is 0 Å². The minimum Gasteiger partial charge on any atom is -0.504 e. The van der Waals surface area contributed by atoms with Gasteiger partial charge in [0.05, 0.1) is 33.0 Å². The highest BCUT2D eigenvalue weighted by atomic mass is 16.7. The first-order valence-electron chi connectivity index (χ1n) is 12.4. The van der Waals surface area contributed by atoms with Crippen molar-refractivity contribution in [3.63, 3.8) is 0 Å². The fourth-order valence-corrected chi connectivity index (χ4v) is 4.41. The number of aliphatic hydroxyl groups is 5. The Morgan fingerprint density at radius 1 is 0.892 bits per heavy atom. The molecule has 0 bridgehead atoms. The van der Waals surface area contributed by atoms with Gasteiger partial charge in [-0.05, 0) is 67.5 Å². The van der Waals surface area contributed by atoms with Crippen molar-refractivity contribution in [2.75, 3.05) is 20.8 Å². The first-order chi connectivity index (χ1) is 17.7. The van der Waals surface area contributed by atoms with E-state index in [0.29, 0.717) is 37.2 Å². The van der Waals surface area contributed by atoms with Crippen molar-refractivity contribution >= 4 is 0 Å². The fourth-order valence-electron chi connectivity index (χ4n) is 4.41. The summed E-state index contributed by atoms with van der Waals surface area (Å²) in [7, 11) is 3.06. The molecule has 0 aromatic heterocycles. The number of benzene rings is 2. The summed E-state index contributed by atoms with van der Waals surface area (Å²) < 4.78 is 21.9. The molecule has 1 heterocycles. The predicted octanol–water partition coefficient (Wildman–Crippen LogP) is 0.911. The van der Waals surface area contributed by atoms with Crippen LogP contribution in [0.3, 0.4) is 0 Å². The lowest BCUT2D eigenvalue weighted by molar-refractivity contribution is -0.313. The number of methoxy groups -OCH3 is 2. The van der Waals surface area contributed by atoms with Gasteiger partial charge in [-0.1, -0.05) is 18.2 Å². The molecule has 0 spiro atoms. The third-order valence-corrected chi connectivity index (χ3v) is 6.61. The van der Waals surface area contributed by atoms with Crippen LogP contribution in [0.15, 0.2) is 42.5 Å². The van der Waals surface area contributed by atoms with Gasteiger partial charge < -0.3 is 49.6 Å². The van der Waals surface area contributed by atoms with E-state index in [1.165, 1.54) is 7.11 Å². The molecule has 1 aliphatic heterocycles. The van der Waals surface area contributed by atoms with Crippen LogP contribution in [0.5, 0.6) is 17.2 Å². The number of phenolic OH excluding ortho intramolecular Hbond substituents is 1. The van der Waals surface area contributed by atoms with Crippen molar-refractivity contribution in [3.05, 3.63) is 53.6 Å². The van der Waals surface area contributed by atoms with Gasteiger partial charge in [0, 0.05) is 0 Å². The number of hydrogen-bond acceptors (Lipinski definition) is 10. The standard InChI is InChI=1S/C27H38O10/c1-34-19-5-3-4-16(12-19)7-10-20(36-27-26(33)25(32)24(31)23(15-28)37-27)14-18(29)9-6-17-8-11-22(35-2)21(30)13-17/h3-5,8,11-13,18,20,23-33H,6-7,9-10,14-15H2,1-2H3/t18?,20?,23-,24-,25+,26-,27-/m1/s1. The smallest absolute Gasteiger partial charge is 0.186 e. The molecule has 3 rings (SSSR count). The van der Waals surface area contributed by atoms with Gasteiger partial charge in [-0.2, -0.15) is 0 Å². The topological polar surface area (TPSA) is 158 Å². The molecule has 37 heavy (non-hydrogen) atoms. The summed E-state index contributed by atoms with van der Waals surface area (Å²) in [6.45, 7) is -0.559. The Morgan fingerprint density at radius 2 is 1.62 bits per heavy atom. The van der Waals surface area contributed by atoms with Crippen LogP contribution in [0.4, 0.5) is 0 Å².